The van der Waals surface area contributed by atoms with Crippen molar-refractivity contribution in [2.75, 3.05) is 36.8 Å². The second-order valence-corrected chi connectivity index (χ2v) is 5.36. The van der Waals surface area contributed by atoms with E-state index in [-0.39, 0.29) is 0 Å². The molecule has 1 heterocycles. The Balaban J connectivity index is 2.03. The van der Waals surface area contributed by atoms with E-state index in [2.05, 4.69) is 29.7 Å². The second-order valence-electron chi connectivity index (χ2n) is 4.95. The maximum absolute atomic E-state index is 6.07. The Hall–Kier alpha value is -0.930. The van der Waals surface area contributed by atoms with Crippen LogP contribution in [0.2, 0.25) is 5.02 Å². The molecule has 0 bridgehead atoms. The third-order valence-electron chi connectivity index (χ3n) is 3.90. The minimum Gasteiger partial charge on any atom is -0.396 e. The van der Waals surface area contributed by atoms with E-state index in [4.69, 9.17) is 17.3 Å². The van der Waals surface area contributed by atoms with Crippen molar-refractivity contribution >= 4 is 23.0 Å². The van der Waals surface area contributed by atoms with Crippen LogP contribution in [0, 0.1) is 0 Å². The molecule has 1 fully saturated rings. The minimum atomic E-state index is 0.650. The van der Waals surface area contributed by atoms with Crippen molar-refractivity contribution in [3.63, 3.8) is 0 Å². The standard InChI is InChI=1S/C14H22ClN3/c1-3-11(2)17-7-9-18(10-8-17)13-6-4-5-12(15)14(13)16/h4-6,11H,3,7-10,16H2,1-2H3. The van der Waals surface area contributed by atoms with Crippen LogP contribution in [-0.4, -0.2) is 37.1 Å². The number of piperazine rings is 1. The number of anilines is 2. The zero-order chi connectivity index (χ0) is 13.1. The van der Waals surface area contributed by atoms with Gasteiger partial charge in [0.25, 0.3) is 0 Å². The van der Waals surface area contributed by atoms with Crippen molar-refractivity contribution in [2.24, 2.45) is 0 Å². The van der Waals surface area contributed by atoms with E-state index < -0.39 is 0 Å². The van der Waals surface area contributed by atoms with Gasteiger partial charge in [0.05, 0.1) is 16.4 Å². The van der Waals surface area contributed by atoms with Crippen molar-refractivity contribution in [1.29, 1.82) is 0 Å². The van der Waals surface area contributed by atoms with Gasteiger partial charge in [-0.2, -0.15) is 0 Å². The van der Waals surface area contributed by atoms with E-state index in [0.717, 1.165) is 31.9 Å². The Morgan fingerprint density at radius 2 is 1.94 bits per heavy atom. The first-order valence-electron chi connectivity index (χ1n) is 6.66. The first kappa shape index (κ1) is 13.5. The lowest BCUT2D eigenvalue weighted by atomic mass is 10.1. The van der Waals surface area contributed by atoms with Gasteiger partial charge >= 0.3 is 0 Å². The quantitative estimate of drug-likeness (QED) is 0.855. The first-order valence-corrected chi connectivity index (χ1v) is 7.04. The molecule has 2 N–H and O–H groups in total. The molecular weight excluding hydrogens is 246 g/mol. The molecule has 1 saturated heterocycles. The summed E-state index contributed by atoms with van der Waals surface area (Å²) >= 11 is 6.07. The highest BCUT2D eigenvalue weighted by atomic mass is 35.5. The average molecular weight is 268 g/mol. The Morgan fingerprint density at radius 1 is 1.28 bits per heavy atom. The summed E-state index contributed by atoms with van der Waals surface area (Å²) in [6.45, 7) is 8.78. The molecule has 0 radical (unpaired) electrons. The van der Waals surface area contributed by atoms with E-state index in [9.17, 15) is 0 Å². The van der Waals surface area contributed by atoms with E-state index in [1.807, 2.05) is 12.1 Å². The summed E-state index contributed by atoms with van der Waals surface area (Å²) in [6, 6.07) is 6.54. The molecule has 100 valence electrons. The van der Waals surface area contributed by atoms with Crippen LogP contribution in [0.5, 0.6) is 0 Å². The van der Waals surface area contributed by atoms with Gasteiger partial charge < -0.3 is 10.6 Å². The van der Waals surface area contributed by atoms with Gasteiger partial charge in [-0.05, 0) is 25.5 Å². The van der Waals surface area contributed by atoms with Gasteiger partial charge in [-0.25, -0.2) is 0 Å². The van der Waals surface area contributed by atoms with E-state index in [1.54, 1.807) is 0 Å². The van der Waals surface area contributed by atoms with Crippen LogP contribution in [-0.2, 0) is 0 Å². The SMILES string of the molecule is CCC(C)N1CCN(c2cccc(Cl)c2N)CC1. The Labute approximate surface area is 115 Å². The van der Waals surface area contributed by atoms with Gasteiger partial charge in [0.15, 0.2) is 0 Å². The number of benzene rings is 1. The molecule has 0 amide bonds. The highest BCUT2D eigenvalue weighted by Crippen LogP contribution is 2.30. The molecule has 4 heteroatoms. The van der Waals surface area contributed by atoms with Crippen molar-refractivity contribution < 1.29 is 0 Å². The topological polar surface area (TPSA) is 32.5 Å². The van der Waals surface area contributed by atoms with Crippen LogP contribution in [0.1, 0.15) is 20.3 Å². The summed E-state index contributed by atoms with van der Waals surface area (Å²) in [6.07, 6.45) is 1.21. The maximum Gasteiger partial charge on any atom is 0.0741 e. The molecule has 1 aliphatic heterocycles. The third kappa shape index (κ3) is 2.73. The molecule has 3 nitrogen and oxygen atoms in total. The molecule has 1 unspecified atom stereocenters. The first-order chi connectivity index (χ1) is 8.63. The minimum absolute atomic E-state index is 0.650. The summed E-state index contributed by atoms with van der Waals surface area (Å²) in [5.74, 6) is 0. The van der Waals surface area contributed by atoms with Crippen molar-refractivity contribution in [2.45, 2.75) is 26.3 Å². The summed E-state index contributed by atoms with van der Waals surface area (Å²) in [5, 5.41) is 0.650. The molecule has 0 spiro atoms. The van der Waals surface area contributed by atoms with E-state index >= 15 is 0 Å². The largest absolute Gasteiger partial charge is 0.396 e. The summed E-state index contributed by atoms with van der Waals surface area (Å²) in [5.41, 5.74) is 7.83. The molecule has 0 aromatic heterocycles. The highest BCUT2D eigenvalue weighted by molar-refractivity contribution is 6.33. The average Bonchev–Trinajstić information content (AvgIpc) is 2.41. The lowest BCUT2D eigenvalue weighted by Gasteiger charge is -2.39. The predicted octanol–water partition coefficient (Wildman–Crippen LogP) is 2.84. The number of nitrogen functional groups attached to an aromatic ring is 1. The number of rotatable bonds is 3. The summed E-state index contributed by atoms with van der Waals surface area (Å²) in [7, 11) is 0. The number of para-hydroxylation sites is 1. The fourth-order valence-corrected chi connectivity index (χ4v) is 2.63. The Bertz CT molecular complexity index is 400. The Morgan fingerprint density at radius 3 is 2.56 bits per heavy atom. The van der Waals surface area contributed by atoms with Crippen LogP contribution in [0.15, 0.2) is 18.2 Å². The van der Waals surface area contributed by atoms with Crippen LogP contribution in [0.25, 0.3) is 0 Å². The summed E-state index contributed by atoms with van der Waals surface area (Å²) < 4.78 is 0. The van der Waals surface area contributed by atoms with E-state index in [0.29, 0.717) is 16.8 Å². The van der Waals surface area contributed by atoms with Gasteiger partial charge in [-0.3, -0.25) is 4.90 Å². The molecule has 1 aromatic carbocycles. The lowest BCUT2D eigenvalue weighted by molar-refractivity contribution is 0.193. The fraction of sp³-hybridized carbons (Fsp3) is 0.571. The Kier molecular flexibility index (Phi) is 4.36. The van der Waals surface area contributed by atoms with Crippen molar-refractivity contribution in [1.82, 2.24) is 4.90 Å². The predicted molar refractivity (Wildman–Crippen MR) is 79.4 cm³/mol. The normalized spacial score (nSPS) is 18.9. The smallest absolute Gasteiger partial charge is 0.0741 e. The van der Waals surface area contributed by atoms with Gasteiger partial charge in [-0.15, -0.1) is 0 Å². The van der Waals surface area contributed by atoms with Gasteiger partial charge in [0.2, 0.25) is 0 Å². The second kappa shape index (κ2) is 5.81. The van der Waals surface area contributed by atoms with Crippen molar-refractivity contribution in [3.05, 3.63) is 23.2 Å². The van der Waals surface area contributed by atoms with Crippen LogP contribution < -0.4 is 10.6 Å². The number of nitrogens with zero attached hydrogens (tertiary/aromatic N) is 2. The van der Waals surface area contributed by atoms with Crippen LogP contribution in [0.4, 0.5) is 11.4 Å². The summed E-state index contributed by atoms with van der Waals surface area (Å²) in [4.78, 5) is 4.87. The third-order valence-corrected chi connectivity index (χ3v) is 4.23. The number of nitrogens with two attached hydrogens (primary N) is 1. The molecule has 18 heavy (non-hydrogen) atoms. The molecule has 1 aromatic rings. The maximum atomic E-state index is 6.07. The molecule has 0 saturated carbocycles. The van der Waals surface area contributed by atoms with Gasteiger partial charge in [-0.1, -0.05) is 24.6 Å². The zero-order valence-corrected chi connectivity index (χ0v) is 12.0. The van der Waals surface area contributed by atoms with Gasteiger partial charge in [0, 0.05) is 32.2 Å². The van der Waals surface area contributed by atoms with Gasteiger partial charge in [0.1, 0.15) is 0 Å². The number of halogens is 1. The van der Waals surface area contributed by atoms with Crippen LogP contribution in [0.3, 0.4) is 0 Å². The molecule has 1 aliphatic rings. The van der Waals surface area contributed by atoms with E-state index in [1.165, 1.54) is 6.42 Å². The monoisotopic (exact) mass is 267 g/mol. The number of hydrogen-bond acceptors (Lipinski definition) is 3. The molecule has 2 rings (SSSR count). The molecular formula is C14H22ClN3. The fourth-order valence-electron chi connectivity index (χ4n) is 2.46. The van der Waals surface area contributed by atoms with Crippen LogP contribution >= 0.6 is 11.6 Å². The number of hydrogen-bond donors (Lipinski definition) is 1. The molecule has 1 atom stereocenters. The lowest BCUT2D eigenvalue weighted by Crippen LogP contribution is -2.49. The highest BCUT2D eigenvalue weighted by Gasteiger charge is 2.21. The van der Waals surface area contributed by atoms with Crippen molar-refractivity contribution in [3.8, 4) is 0 Å². The zero-order valence-electron chi connectivity index (χ0n) is 11.2. The molecule has 0 aliphatic carbocycles.